The molecule has 1 aromatic carbocycles. The van der Waals surface area contributed by atoms with E-state index in [0.29, 0.717) is 5.92 Å². The molecule has 1 aromatic heterocycles. The van der Waals surface area contributed by atoms with E-state index in [1.807, 2.05) is 0 Å². The number of aromatic nitrogens is 2. The monoisotopic (exact) mass is 302 g/mol. The van der Waals surface area contributed by atoms with Gasteiger partial charge in [0.2, 0.25) is 0 Å². The van der Waals surface area contributed by atoms with Gasteiger partial charge >= 0.3 is 0 Å². The second-order valence-corrected chi connectivity index (χ2v) is 6.37. The van der Waals surface area contributed by atoms with E-state index in [2.05, 4.69) is 54.0 Å². The molecular formula is C18H23ClN2. The topological polar surface area (TPSA) is 17.8 Å². The maximum absolute atomic E-state index is 6.77. The van der Waals surface area contributed by atoms with Crippen LogP contribution in [0.1, 0.15) is 48.2 Å². The third-order valence-electron chi connectivity index (χ3n) is 4.60. The van der Waals surface area contributed by atoms with Crippen LogP contribution in [0.25, 0.3) is 0 Å². The van der Waals surface area contributed by atoms with Crippen molar-refractivity contribution in [1.82, 2.24) is 9.78 Å². The van der Waals surface area contributed by atoms with Crippen molar-refractivity contribution in [2.75, 3.05) is 0 Å². The summed E-state index contributed by atoms with van der Waals surface area (Å²) in [5.41, 5.74) is 5.28. The number of hydrogen-bond acceptors (Lipinski definition) is 1. The summed E-state index contributed by atoms with van der Waals surface area (Å²) in [5, 5.41) is 4.78. The summed E-state index contributed by atoms with van der Waals surface area (Å²) >= 11 is 6.77. The van der Waals surface area contributed by atoms with Crippen molar-refractivity contribution in [2.24, 2.45) is 5.92 Å². The lowest BCUT2D eigenvalue weighted by Crippen LogP contribution is -2.20. The van der Waals surface area contributed by atoms with Gasteiger partial charge in [0.25, 0.3) is 0 Å². The summed E-state index contributed by atoms with van der Waals surface area (Å²) in [6.07, 6.45) is 4.34. The first-order valence-electron chi connectivity index (χ1n) is 8.00. The van der Waals surface area contributed by atoms with Crippen molar-refractivity contribution in [3.05, 3.63) is 52.8 Å². The van der Waals surface area contributed by atoms with Crippen LogP contribution in [0.15, 0.2) is 30.3 Å². The van der Waals surface area contributed by atoms with Crippen molar-refractivity contribution in [1.29, 1.82) is 0 Å². The molecule has 3 heteroatoms. The first-order chi connectivity index (χ1) is 10.2. The highest BCUT2D eigenvalue weighted by atomic mass is 35.5. The highest BCUT2D eigenvalue weighted by Crippen LogP contribution is 2.40. The third kappa shape index (κ3) is 2.87. The quantitative estimate of drug-likeness (QED) is 0.758. The summed E-state index contributed by atoms with van der Waals surface area (Å²) in [7, 11) is 0. The maximum Gasteiger partial charge on any atom is 0.0624 e. The second-order valence-electron chi connectivity index (χ2n) is 5.90. The van der Waals surface area contributed by atoms with E-state index in [9.17, 15) is 0 Å². The van der Waals surface area contributed by atoms with Gasteiger partial charge in [-0.1, -0.05) is 31.2 Å². The predicted octanol–water partition coefficient (Wildman–Crippen LogP) is 4.55. The molecule has 2 aromatic rings. The van der Waals surface area contributed by atoms with Crippen LogP contribution in [0.3, 0.4) is 0 Å². The minimum Gasteiger partial charge on any atom is -0.270 e. The van der Waals surface area contributed by atoms with E-state index in [4.69, 9.17) is 11.6 Å². The predicted molar refractivity (Wildman–Crippen MR) is 87.8 cm³/mol. The Balaban J connectivity index is 1.82. The molecule has 2 atom stereocenters. The molecule has 21 heavy (non-hydrogen) atoms. The van der Waals surface area contributed by atoms with Crippen LogP contribution in [0.5, 0.6) is 0 Å². The Labute approximate surface area is 132 Å². The van der Waals surface area contributed by atoms with Gasteiger partial charge in [-0.25, -0.2) is 0 Å². The number of aryl methyl sites for hydroxylation is 3. The average Bonchev–Trinajstić information content (AvgIpc) is 2.92. The fraction of sp³-hybridized carbons (Fsp3) is 0.500. The smallest absolute Gasteiger partial charge is 0.0624 e. The fourth-order valence-electron chi connectivity index (χ4n) is 3.37. The normalized spacial score (nSPS) is 21.3. The molecule has 0 saturated carbocycles. The largest absolute Gasteiger partial charge is 0.270 e. The molecule has 0 spiro atoms. The molecule has 3 rings (SSSR count). The van der Waals surface area contributed by atoms with Crippen LogP contribution in [0, 0.1) is 5.92 Å². The molecule has 0 bridgehead atoms. The first kappa shape index (κ1) is 14.6. The molecule has 1 heterocycles. The Hall–Kier alpha value is -1.28. The van der Waals surface area contributed by atoms with Crippen LogP contribution in [0.2, 0.25) is 0 Å². The molecule has 0 saturated heterocycles. The summed E-state index contributed by atoms with van der Waals surface area (Å²) in [5.74, 6) is 0.508. The third-order valence-corrected chi connectivity index (χ3v) is 5.19. The number of fused-ring (bicyclic) bond motifs is 1. The van der Waals surface area contributed by atoms with Gasteiger partial charge in [0.05, 0.1) is 11.1 Å². The van der Waals surface area contributed by atoms with Crippen molar-refractivity contribution in [3.63, 3.8) is 0 Å². The molecule has 0 amide bonds. The van der Waals surface area contributed by atoms with Crippen LogP contribution >= 0.6 is 11.6 Å². The number of benzene rings is 1. The van der Waals surface area contributed by atoms with E-state index in [-0.39, 0.29) is 5.38 Å². The molecule has 0 fully saturated rings. The number of alkyl halides is 1. The minimum atomic E-state index is 0.125. The van der Waals surface area contributed by atoms with Gasteiger partial charge in [0.15, 0.2) is 0 Å². The molecule has 0 aliphatic heterocycles. The zero-order chi connectivity index (χ0) is 14.8. The number of nitrogens with zero attached hydrogens (tertiary/aromatic N) is 2. The Morgan fingerprint density at radius 1 is 1.29 bits per heavy atom. The average molecular weight is 303 g/mol. The van der Waals surface area contributed by atoms with Crippen LogP contribution < -0.4 is 0 Å². The SMILES string of the molecule is CCc1cc(CC2CCc3ccccc3C2Cl)n(CC)n1. The van der Waals surface area contributed by atoms with Gasteiger partial charge in [-0.2, -0.15) is 5.10 Å². The molecule has 0 N–H and O–H groups in total. The van der Waals surface area contributed by atoms with Gasteiger partial charge < -0.3 is 0 Å². The van der Waals surface area contributed by atoms with Gasteiger partial charge in [-0.3, -0.25) is 4.68 Å². The fourth-order valence-corrected chi connectivity index (χ4v) is 3.80. The van der Waals surface area contributed by atoms with Crippen LogP contribution in [-0.2, 0) is 25.8 Å². The van der Waals surface area contributed by atoms with E-state index < -0.39 is 0 Å². The van der Waals surface area contributed by atoms with Crippen LogP contribution in [0.4, 0.5) is 0 Å². The zero-order valence-corrected chi connectivity index (χ0v) is 13.6. The second kappa shape index (κ2) is 6.23. The van der Waals surface area contributed by atoms with Crippen molar-refractivity contribution < 1.29 is 0 Å². The Bertz CT molecular complexity index is 617. The molecular weight excluding hydrogens is 280 g/mol. The van der Waals surface area contributed by atoms with Crippen molar-refractivity contribution >= 4 is 11.6 Å². The highest BCUT2D eigenvalue weighted by molar-refractivity contribution is 6.21. The highest BCUT2D eigenvalue weighted by Gasteiger charge is 2.28. The van der Waals surface area contributed by atoms with E-state index in [1.54, 1.807) is 0 Å². The maximum atomic E-state index is 6.77. The molecule has 1 aliphatic carbocycles. The van der Waals surface area contributed by atoms with E-state index >= 15 is 0 Å². The standard InChI is InChI=1S/C18H23ClN2/c1-3-15-12-16(21(4-2)20-15)11-14-10-9-13-7-5-6-8-17(13)18(14)19/h5-8,12,14,18H,3-4,9-11H2,1-2H3. The Kier molecular flexibility index (Phi) is 4.34. The summed E-state index contributed by atoms with van der Waals surface area (Å²) in [6, 6.07) is 10.9. The van der Waals surface area contributed by atoms with Gasteiger partial charge in [-0.15, -0.1) is 11.6 Å². The molecule has 112 valence electrons. The Morgan fingerprint density at radius 3 is 2.86 bits per heavy atom. The van der Waals surface area contributed by atoms with E-state index in [0.717, 1.165) is 25.8 Å². The lowest BCUT2D eigenvalue weighted by molar-refractivity contribution is 0.426. The lowest BCUT2D eigenvalue weighted by Gasteiger charge is -2.29. The van der Waals surface area contributed by atoms with Gasteiger partial charge in [-0.05, 0) is 55.7 Å². The number of halogens is 1. The van der Waals surface area contributed by atoms with Gasteiger partial charge in [0.1, 0.15) is 0 Å². The van der Waals surface area contributed by atoms with E-state index in [1.165, 1.54) is 28.9 Å². The van der Waals surface area contributed by atoms with Crippen LogP contribution in [-0.4, -0.2) is 9.78 Å². The summed E-state index contributed by atoms with van der Waals surface area (Å²) in [4.78, 5) is 0. The van der Waals surface area contributed by atoms with Crippen molar-refractivity contribution in [3.8, 4) is 0 Å². The minimum absolute atomic E-state index is 0.125. The lowest BCUT2D eigenvalue weighted by atomic mass is 9.81. The zero-order valence-electron chi connectivity index (χ0n) is 12.8. The first-order valence-corrected chi connectivity index (χ1v) is 8.44. The summed E-state index contributed by atoms with van der Waals surface area (Å²) in [6.45, 7) is 5.25. The number of rotatable bonds is 4. The molecule has 2 nitrogen and oxygen atoms in total. The molecule has 1 aliphatic rings. The van der Waals surface area contributed by atoms with Gasteiger partial charge in [0, 0.05) is 12.2 Å². The molecule has 2 unspecified atom stereocenters. The van der Waals surface area contributed by atoms with Crippen molar-refractivity contribution in [2.45, 2.75) is 51.5 Å². The number of hydrogen-bond donors (Lipinski definition) is 0. The summed E-state index contributed by atoms with van der Waals surface area (Å²) < 4.78 is 2.14. The Morgan fingerprint density at radius 2 is 2.10 bits per heavy atom. The molecule has 0 radical (unpaired) electrons.